The number of hydrogen-bond acceptors (Lipinski definition) is 5. The number of carbonyl (C=O) groups excluding carboxylic acids is 1. The summed E-state index contributed by atoms with van der Waals surface area (Å²) in [4.78, 5) is 21.2. The molecule has 1 aliphatic heterocycles. The number of hydrogen-bond donors (Lipinski definition) is 1. The fraction of sp³-hybridized carbons (Fsp3) is 0.350. The van der Waals surface area contributed by atoms with Gasteiger partial charge in [-0.15, -0.1) is 0 Å². The average molecular weight is 336 g/mol. The van der Waals surface area contributed by atoms with Crippen LogP contribution in [-0.2, 0) is 28.9 Å². The minimum absolute atomic E-state index is 0.0964. The molecule has 0 bridgehead atoms. The monoisotopic (exact) mass is 336 g/mol. The number of ketones is 1. The van der Waals surface area contributed by atoms with Crippen molar-refractivity contribution in [3.8, 4) is 0 Å². The number of ether oxygens (including phenoxy) is 1. The van der Waals surface area contributed by atoms with Gasteiger partial charge in [0.1, 0.15) is 5.78 Å². The lowest BCUT2D eigenvalue weighted by Crippen LogP contribution is -2.18. The summed E-state index contributed by atoms with van der Waals surface area (Å²) in [7, 11) is 1.59. The minimum atomic E-state index is -0.480. The first-order valence-corrected chi connectivity index (χ1v) is 8.50. The lowest BCUT2D eigenvalue weighted by atomic mass is 9.92. The van der Waals surface area contributed by atoms with E-state index < -0.39 is 6.10 Å². The number of methoxy groups -OCH3 is 1. The number of aliphatic hydroxyl groups excluding tert-OH is 1. The maximum absolute atomic E-state index is 12.5. The molecular formula is C20H20N2O3. The second-order valence-electron chi connectivity index (χ2n) is 6.65. The second-order valence-corrected chi connectivity index (χ2v) is 6.65. The van der Waals surface area contributed by atoms with Gasteiger partial charge in [-0.1, -0.05) is 24.3 Å². The Morgan fingerprint density at radius 1 is 1.32 bits per heavy atom. The summed E-state index contributed by atoms with van der Waals surface area (Å²) < 4.78 is 5.21. The number of benzene rings is 1. The second kappa shape index (κ2) is 6.41. The molecule has 1 aliphatic carbocycles. The zero-order valence-electron chi connectivity index (χ0n) is 14.1. The average Bonchev–Trinajstić information content (AvgIpc) is 3.15. The van der Waals surface area contributed by atoms with E-state index in [0.29, 0.717) is 25.3 Å². The van der Waals surface area contributed by atoms with Crippen LogP contribution >= 0.6 is 0 Å². The number of fused-ring (bicyclic) bond motifs is 2. The van der Waals surface area contributed by atoms with Gasteiger partial charge in [0.2, 0.25) is 5.90 Å². The van der Waals surface area contributed by atoms with Crippen LogP contribution < -0.4 is 0 Å². The molecule has 2 atom stereocenters. The molecule has 5 nitrogen and oxygen atoms in total. The summed E-state index contributed by atoms with van der Waals surface area (Å²) >= 11 is 0. The third-order valence-corrected chi connectivity index (χ3v) is 5.04. The number of carbonyl (C=O) groups is 1. The molecule has 2 heterocycles. The van der Waals surface area contributed by atoms with Crippen molar-refractivity contribution in [2.75, 3.05) is 7.11 Å². The molecule has 4 rings (SSSR count). The Hall–Kier alpha value is -2.53. The van der Waals surface area contributed by atoms with Gasteiger partial charge in [-0.2, -0.15) is 0 Å². The van der Waals surface area contributed by atoms with E-state index >= 15 is 0 Å². The van der Waals surface area contributed by atoms with E-state index in [-0.39, 0.29) is 18.1 Å². The van der Waals surface area contributed by atoms with E-state index in [1.807, 2.05) is 30.3 Å². The maximum atomic E-state index is 12.5. The highest BCUT2D eigenvalue weighted by Crippen LogP contribution is 2.36. The van der Waals surface area contributed by atoms with Crippen LogP contribution in [0.1, 0.15) is 40.3 Å². The van der Waals surface area contributed by atoms with Crippen LogP contribution in [0.15, 0.2) is 41.5 Å². The quantitative estimate of drug-likeness (QED) is 0.929. The van der Waals surface area contributed by atoms with E-state index in [2.05, 4.69) is 9.98 Å². The molecule has 2 aromatic rings. The molecule has 0 amide bonds. The highest BCUT2D eigenvalue weighted by atomic mass is 16.5. The van der Waals surface area contributed by atoms with Gasteiger partial charge in [0.05, 0.1) is 25.3 Å². The minimum Gasteiger partial charge on any atom is -0.481 e. The van der Waals surface area contributed by atoms with Gasteiger partial charge in [0.15, 0.2) is 0 Å². The van der Waals surface area contributed by atoms with Crippen molar-refractivity contribution >= 4 is 11.7 Å². The van der Waals surface area contributed by atoms with Gasteiger partial charge < -0.3 is 9.84 Å². The van der Waals surface area contributed by atoms with Crippen molar-refractivity contribution in [1.29, 1.82) is 0 Å². The predicted molar refractivity (Wildman–Crippen MR) is 93.7 cm³/mol. The zero-order chi connectivity index (χ0) is 17.4. The normalized spacial score (nSPS) is 20.8. The SMILES string of the molecule is COC1=NCc2cc(CC(=O)C[C@H]3c4ccccc4C[C@H]3O)ncc21. The summed E-state index contributed by atoms with van der Waals surface area (Å²) in [6.07, 6.45) is 2.50. The summed E-state index contributed by atoms with van der Waals surface area (Å²) in [5.41, 5.74) is 4.94. The van der Waals surface area contributed by atoms with E-state index in [1.54, 1.807) is 13.3 Å². The standard InChI is InChI=1S/C20H20N2O3/c1-25-20-18-11-21-14(6-13(18)10-22-20)8-15(23)9-17-16-5-3-2-4-12(16)7-19(17)24/h2-6,11,17,19,24H,7-10H2,1H3/t17-,19+/m0/s1. The molecule has 5 heteroatoms. The number of aliphatic imine (C=N–C) groups is 1. The van der Waals surface area contributed by atoms with Crippen molar-refractivity contribution < 1.29 is 14.6 Å². The van der Waals surface area contributed by atoms with Crippen molar-refractivity contribution in [2.45, 2.75) is 37.8 Å². The largest absolute Gasteiger partial charge is 0.481 e. The van der Waals surface area contributed by atoms with E-state index in [4.69, 9.17) is 4.74 Å². The molecule has 128 valence electrons. The van der Waals surface area contributed by atoms with Crippen LogP contribution in [0.3, 0.4) is 0 Å². The highest BCUT2D eigenvalue weighted by molar-refractivity contribution is 5.97. The van der Waals surface area contributed by atoms with Crippen LogP contribution in [0.5, 0.6) is 0 Å². The fourth-order valence-electron chi connectivity index (χ4n) is 3.81. The number of aliphatic hydroxyl groups is 1. The Kier molecular flexibility index (Phi) is 4.09. The molecule has 0 fully saturated rings. The van der Waals surface area contributed by atoms with E-state index in [1.165, 1.54) is 0 Å². The summed E-state index contributed by atoms with van der Waals surface area (Å²) in [6.45, 7) is 0.566. The Labute approximate surface area is 146 Å². The van der Waals surface area contributed by atoms with Crippen molar-refractivity contribution in [2.24, 2.45) is 4.99 Å². The first-order chi connectivity index (χ1) is 12.2. The number of rotatable bonds is 4. The fourth-order valence-corrected chi connectivity index (χ4v) is 3.81. The van der Waals surface area contributed by atoms with Crippen molar-refractivity contribution in [1.82, 2.24) is 4.98 Å². The van der Waals surface area contributed by atoms with Gasteiger partial charge in [0, 0.05) is 30.7 Å². The number of aromatic nitrogens is 1. The first-order valence-electron chi connectivity index (χ1n) is 8.50. The Bertz CT molecular complexity index is 860. The van der Waals surface area contributed by atoms with Crippen molar-refractivity contribution in [3.63, 3.8) is 0 Å². The maximum Gasteiger partial charge on any atom is 0.218 e. The molecule has 2 aliphatic rings. The van der Waals surface area contributed by atoms with Crippen LogP contribution in [0, 0.1) is 0 Å². The molecule has 0 saturated carbocycles. The van der Waals surface area contributed by atoms with Crippen LogP contribution in [0.4, 0.5) is 0 Å². The topological polar surface area (TPSA) is 71.8 Å². The van der Waals surface area contributed by atoms with Gasteiger partial charge >= 0.3 is 0 Å². The van der Waals surface area contributed by atoms with Gasteiger partial charge in [0.25, 0.3) is 0 Å². The third kappa shape index (κ3) is 2.96. The summed E-state index contributed by atoms with van der Waals surface area (Å²) in [5.74, 6) is 0.590. The first kappa shape index (κ1) is 16.0. The molecule has 1 N–H and O–H groups in total. The van der Waals surface area contributed by atoms with Crippen LogP contribution in [0.2, 0.25) is 0 Å². The predicted octanol–water partition coefficient (Wildman–Crippen LogP) is 2.19. The molecule has 25 heavy (non-hydrogen) atoms. The number of Topliss-reactive ketones (excluding diaryl/α,β-unsaturated/α-hetero) is 1. The lowest BCUT2D eigenvalue weighted by molar-refractivity contribution is -0.119. The Morgan fingerprint density at radius 2 is 2.16 bits per heavy atom. The van der Waals surface area contributed by atoms with Crippen LogP contribution in [-0.4, -0.2) is 35.0 Å². The summed E-state index contributed by atoms with van der Waals surface area (Å²) in [6, 6.07) is 9.91. The number of pyridine rings is 1. The Balaban J connectivity index is 1.45. The number of nitrogens with zero attached hydrogens (tertiary/aromatic N) is 2. The van der Waals surface area contributed by atoms with E-state index in [9.17, 15) is 9.90 Å². The zero-order valence-corrected chi connectivity index (χ0v) is 14.1. The molecule has 0 spiro atoms. The lowest BCUT2D eigenvalue weighted by Gasteiger charge is -2.15. The highest BCUT2D eigenvalue weighted by Gasteiger charge is 2.32. The van der Waals surface area contributed by atoms with Crippen LogP contribution in [0.25, 0.3) is 0 Å². The summed E-state index contributed by atoms with van der Waals surface area (Å²) in [5, 5.41) is 10.3. The van der Waals surface area contributed by atoms with Gasteiger partial charge in [-0.3, -0.25) is 9.78 Å². The van der Waals surface area contributed by atoms with Gasteiger partial charge in [-0.05, 0) is 29.2 Å². The molecule has 0 saturated heterocycles. The third-order valence-electron chi connectivity index (χ3n) is 5.04. The molecule has 0 radical (unpaired) electrons. The van der Waals surface area contributed by atoms with Gasteiger partial charge in [-0.25, -0.2) is 4.99 Å². The molecule has 1 aromatic carbocycles. The van der Waals surface area contributed by atoms with Crippen molar-refractivity contribution in [3.05, 3.63) is 64.5 Å². The molecular weight excluding hydrogens is 316 g/mol. The Morgan fingerprint density at radius 3 is 3.00 bits per heavy atom. The molecule has 1 aromatic heterocycles. The smallest absolute Gasteiger partial charge is 0.218 e. The van der Waals surface area contributed by atoms with E-state index in [0.717, 1.165) is 27.9 Å². The molecule has 0 unspecified atom stereocenters.